The Balaban J connectivity index is 1.26. The van der Waals surface area contributed by atoms with Crippen molar-refractivity contribution in [2.75, 3.05) is 39.8 Å². The molecule has 4 heterocycles. The van der Waals surface area contributed by atoms with Crippen LogP contribution in [0.5, 0.6) is 0 Å². The van der Waals surface area contributed by atoms with E-state index in [2.05, 4.69) is 16.8 Å². The molecule has 9 heteroatoms. The van der Waals surface area contributed by atoms with Gasteiger partial charge in [0.2, 0.25) is 0 Å². The number of hydrogen-bond acceptors (Lipinski definition) is 5. The van der Waals surface area contributed by atoms with Crippen molar-refractivity contribution in [3.8, 4) is 5.69 Å². The van der Waals surface area contributed by atoms with Crippen molar-refractivity contribution in [2.45, 2.75) is 78.9 Å². The maximum absolute atomic E-state index is 14.4. The highest BCUT2D eigenvalue weighted by Gasteiger charge is 2.30. The number of carbonyl (C=O) groups excluding carboxylic acids is 2. The van der Waals surface area contributed by atoms with Gasteiger partial charge in [0, 0.05) is 57.0 Å². The lowest BCUT2D eigenvalue weighted by molar-refractivity contribution is 0.0172. The van der Waals surface area contributed by atoms with Crippen molar-refractivity contribution in [3.05, 3.63) is 59.3 Å². The summed E-state index contributed by atoms with van der Waals surface area (Å²) in [5.74, 6) is 0.492. The summed E-state index contributed by atoms with van der Waals surface area (Å²) in [4.78, 5) is 36.5. The Morgan fingerprint density at radius 3 is 2.48 bits per heavy atom. The lowest BCUT2D eigenvalue weighted by Crippen LogP contribution is -2.43. The predicted octanol–water partition coefficient (Wildman–Crippen LogP) is 6.46. The van der Waals surface area contributed by atoms with E-state index >= 15 is 0 Å². The number of hydrogen-bond donors (Lipinski definition) is 0. The minimum atomic E-state index is -0.465. The molecule has 44 heavy (non-hydrogen) atoms. The summed E-state index contributed by atoms with van der Waals surface area (Å²) >= 11 is 0. The average molecular weight is 606 g/mol. The number of likely N-dealkylation sites (tertiary alicyclic amines) is 2. The molecule has 2 aromatic heterocycles. The number of nitrogens with zero attached hydrogens (tertiary/aromatic N) is 5. The van der Waals surface area contributed by atoms with Crippen LogP contribution in [0.4, 0.5) is 9.18 Å². The molecule has 2 aliphatic rings. The van der Waals surface area contributed by atoms with Gasteiger partial charge in [-0.1, -0.05) is 0 Å². The standard InChI is InChI=1S/C35H48FN5O3/c1-23(2)38(7)33(42)29-17-28(36)8-9-30(29)41-20-24(3)32-27(18-37-19-31(32)41)16-26-10-13-39(22-26)21-25-11-14-40(15-12-25)34(43)44-35(4,5)6/h8-9,17-20,23,25-26H,10-16,21-22H2,1-7H3. The largest absolute Gasteiger partial charge is 0.444 e. The number of ether oxygens (including phenoxy) is 1. The van der Waals surface area contributed by atoms with Crippen LogP contribution < -0.4 is 0 Å². The molecular weight excluding hydrogens is 557 g/mol. The van der Waals surface area contributed by atoms with Crippen molar-refractivity contribution in [3.63, 3.8) is 0 Å². The minimum absolute atomic E-state index is 0.00829. The van der Waals surface area contributed by atoms with Gasteiger partial charge in [-0.05, 0) is 115 Å². The van der Waals surface area contributed by atoms with Gasteiger partial charge >= 0.3 is 6.09 Å². The van der Waals surface area contributed by atoms with Gasteiger partial charge in [0.05, 0.1) is 23.0 Å². The molecule has 0 aliphatic carbocycles. The van der Waals surface area contributed by atoms with Gasteiger partial charge in [0.1, 0.15) is 11.4 Å². The number of piperidine rings is 1. The topological polar surface area (TPSA) is 70.9 Å². The highest BCUT2D eigenvalue weighted by molar-refractivity contribution is 5.99. The lowest BCUT2D eigenvalue weighted by atomic mass is 9.95. The van der Waals surface area contributed by atoms with Gasteiger partial charge in [-0.25, -0.2) is 9.18 Å². The van der Waals surface area contributed by atoms with Crippen molar-refractivity contribution >= 4 is 22.9 Å². The fourth-order valence-corrected chi connectivity index (χ4v) is 6.67. The van der Waals surface area contributed by atoms with Crippen LogP contribution in [0, 0.1) is 24.6 Å². The van der Waals surface area contributed by atoms with Crippen molar-refractivity contribution in [1.29, 1.82) is 0 Å². The van der Waals surface area contributed by atoms with Gasteiger partial charge in [-0.2, -0.15) is 0 Å². The molecule has 1 aromatic carbocycles. The van der Waals surface area contributed by atoms with Crippen LogP contribution in [-0.4, -0.2) is 87.7 Å². The smallest absolute Gasteiger partial charge is 0.410 e. The SMILES string of the molecule is Cc1cn(-c2ccc(F)cc2C(=O)N(C)C(C)C)c2cncc(CC3CCN(CC4CCN(C(=O)OC(C)(C)C)CC4)C3)c12. The highest BCUT2D eigenvalue weighted by Crippen LogP contribution is 2.32. The summed E-state index contributed by atoms with van der Waals surface area (Å²) in [5, 5.41) is 1.16. The Kier molecular flexibility index (Phi) is 9.35. The van der Waals surface area contributed by atoms with E-state index in [4.69, 9.17) is 4.74 Å². The van der Waals surface area contributed by atoms with Crippen LogP contribution in [0.1, 0.15) is 75.4 Å². The molecule has 0 spiro atoms. The third kappa shape index (κ3) is 7.09. The molecule has 0 saturated carbocycles. The van der Waals surface area contributed by atoms with Gasteiger partial charge in [-0.3, -0.25) is 9.78 Å². The fraction of sp³-hybridized carbons (Fsp3) is 0.571. The maximum Gasteiger partial charge on any atom is 0.410 e. The van der Waals surface area contributed by atoms with Crippen molar-refractivity contribution in [2.24, 2.45) is 11.8 Å². The average Bonchev–Trinajstić information content (AvgIpc) is 3.55. The van der Waals surface area contributed by atoms with Gasteiger partial charge in [-0.15, -0.1) is 0 Å². The molecule has 1 unspecified atom stereocenters. The molecule has 0 N–H and O–H groups in total. The monoisotopic (exact) mass is 605 g/mol. The molecule has 8 nitrogen and oxygen atoms in total. The Morgan fingerprint density at radius 1 is 1.09 bits per heavy atom. The van der Waals surface area contributed by atoms with Crippen LogP contribution in [0.2, 0.25) is 0 Å². The number of carbonyl (C=O) groups is 2. The van der Waals surface area contributed by atoms with Crippen LogP contribution >= 0.6 is 0 Å². The summed E-state index contributed by atoms with van der Waals surface area (Å²) < 4.78 is 21.9. The van der Waals surface area contributed by atoms with Crippen molar-refractivity contribution in [1.82, 2.24) is 24.3 Å². The zero-order valence-corrected chi connectivity index (χ0v) is 27.4. The van der Waals surface area contributed by atoms with E-state index in [1.165, 1.54) is 17.7 Å². The molecular formula is C35H48FN5O3. The minimum Gasteiger partial charge on any atom is -0.444 e. The quantitative estimate of drug-likeness (QED) is 0.309. The summed E-state index contributed by atoms with van der Waals surface area (Å²) in [6.45, 7) is 16.5. The summed E-state index contributed by atoms with van der Waals surface area (Å²) in [7, 11) is 1.75. The van der Waals surface area contributed by atoms with E-state index < -0.39 is 11.4 Å². The van der Waals surface area contributed by atoms with Crippen LogP contribution in [0.15, 0.2) is 36.8 Å². The highest BCUT2D eigenvalue weighted by atomic mass is 19.1. The Hall–Kier alpha value is -3.46. The summed E-state index contributed by atoms with van der Waals surface area (Å²) in [6.07, 6.45) is 9.78. The molecule has 3 aromatic rings. The van der Waals surface area contributed by atoms with Crippen molar-refractivity contribution < 1.29 is 18.7 Å². The van der Waals surface area contributed by atoms with E-state index in [9.17, 15) is 14.0 Å². The number of benzene rings is 1. The maximum atomic E-state index is 14.4. The molecule has 0 bridgehead atoms. The first-order valence-electron chi connectivity index (χ1n) is 16.0. The van der Waals surface area contributed by atoms with E-state index in [-0.39, 0.29) is 18.0 Å². The zero-order chi connectivity index (χ0) is 31.8. The number of aromatic nitrogens is 2. The molecule has 1 atom stereocenters. The van der Waals surface area contributed by atoms with E-state index in [1.807, 2.05) is 62.7 Å². The fourth-order valence-electron chi connectivity index (χ4n) is 6.67. The molecule has 2 saturated heterocycles. The third-order valence-corrected chi connectivity index (χ3v) is 9.19. The van der Waals surface area contributed by atoms with E-state index in [0.29, 0.717) is 23.1 Å². The Bertz CT molecular complexity index is 1500. The van der Waals surface area contributed by atoms with E-state index in [1.54, 1.807) is 18.0 Å². The van der Waals surface area contributed by atoms with Gasteiger partial charge < -0.3 is 24.0 Å². The molecule has 2 aliphatic heterocycles. The second-order valence-electron chi connectivity index (χ2n) is 14.1. The number of aryl methyl sites for hydroxylation is 1. The number of fused-ring (bicyclic) bond motifs is 1. The molecule has 238 valence electrons. The Labute approximate surface area is 261 Å². The number of amides is 2. The third-order valence-electron chi connectivity index (χ3n) is 9.19. The number of pyridine rings is 1. The van der Waals surface area contributed by atoms with E-state index in [0.717, 1.165) is 74.9 Å². The molecule has 2 fully saturated rings. The summed E-state index contributed by atoms with van der Waals surface area (Å²) in [5.41, 5.74) is 3.79. The van der Waals surface area contributed by atoms with Gasteiger partial charge in [0.15, 0.2) is 0 Å². The normalized spacial score (nSPS) is 18.4. The zero-order valence-electron chi connectivity index (χ0n) is 27.4. The summed E-state index contributed by atoms with van der Waals surface area (Å²) in [6, 6.07) is 4.43. The first kappa shape index (κ1) is 31.9. The first-order chi connectivity index (χ1) is 20.8. The number of halogens is 1. The second kappa shape index (κ2) is 12.9. The second-order valence-corrected chi connectivity index (χ2v) is 14.1. The van der Waals surface area contributed by atoms with Crippen LogP contribution in [-0.2, 0) is 11.2 Å². The predicted molar refractivity (Wildman–Crippen MR) is 172 cm³/mol. The lowest BCUT2D eigenvalue weighted by Gasteiger charge is -2.34. The molecule has 2 amide bonds. The van der Waals surface area contributed by atoms with Crippen LogP contribution in [0.25, 0.3) is 16.6 Å². The van der Waals surface area contributed by atoms with Gasteiger partial charge in [0.25, 0.3) is 5.91 Å². The molecule has 0 radical (unpaired) electrons. The first-order valence-corrected chi connectivity index (χ1v) is 16.0. The number of rotatable bonds is 7. The molecule has 5 rings (SSSR count). The Morgan fingerprint density at radius 2 is 1.80 bits per heavy atom. The van der Waals surface area contributed by atoms with Crippen LogP contribution in [0.3, 0.4) is 0 Å².